The van der Waals surface area contributed by atoms with Crippen LogP contribution in [-0.2, 0) is 4.79 Å². The predicted molar refractivity (Wildman–Crippen MR) is 63.4 cm³/mol. The van der Waals surface area contributed by atoms with E-state index in [0.717, 1.165) is 6.08 Å². The number of carboxylic acid groups (broad SMARTS) is 1. The molecule has 16 heavy (non-hydrogen) atoms. The Morgan fingerprint density at radius 2 is 1.81 bits per heavy atom. The van der Waals surface area contributed by atoms with Crippen LogP contribution in [0.4, 0.5) is 4.79 Å². The van der Waals surface area contributed by atoms with Crippen LogP contribution in [0.3, 0.4) is 0 Å². The highest BCUT2D eigenvalue weighted by Crippen LogP contribution is 2.35. The zero-order valence-electron chi connectivity index (χ0n) is 10.0. The minimum Gasteiger partial charge on any atom is -0.465 e. The second-order valence-corrected chi connectivity index (χ2v) is 4.65. The molecule has 90 valence electrons. The zero-order valence-corrected chi connectivity index (χ0v) is 10.0. The third-order valence-corrected chi connectivity index (χ3v) is 2.66. The summed E-state index contributed by atoms with van der Waals surface area (Å²) in [7, 11) is 0. The molecule has 2 N–H and O–H groups in total. The lowest BCUT2D eigenvalue weighted by Crippen LogP contribution is -2.61. The van der Waals surface area contributed by atoms with Crippen LogP contribution in [0.1, 0.15) is 27.2 Å². The van der Waals surface area contributed by atoms with Crippen molar-refractivity contribution in [2.24, 2.45) is 5.41 Å². The summed E-state index contributed by atoms with van der Waals surface area (Å²) in [5.74, 6) is -0.345. The Kier molecular flexibility index (Phi) is 4.47. The fourth-order valence-corrected chi connectivity index (χ4v) is 1.65. The van der Waals surface area contributed by atoms with Crippen LogP contribution < -0.4 is 5.32 Å². The number of carbonyl (C=O) groups is 2. The Morgan fingerprint density at radius 3 is 2.06 bits per heavy atom. The van der Waals surface area contributed by atoms with Crippen molar-refractivity contribution >= 4 is 11.9 Å². The van der Waals surface area contributed by atoms with Gasteiger partial charge in [0.15, 0.2) is 5.78 Å². The number of amides is 1. The van der Waals surface area contributed by atoms with Gasteiger partial charge in [-0.3, -0.25) is 4.79 Å². The van der Waals surface area contributed by atoms with Crippen LogP contribution in [0.15, 0.2) is 25.3 Å². The van der Waals surface area contributed by atoms with Gasteiger partial charge in [-0.25, -0.2) is 4.79 Å². The van der Waals surface area contributed by atoms with Crippen molar-refractivity contribution in [1.82, 2.24) is 5.32 Å². The average molecular weight is 225 g/mol. The lowest BCUT2D eigenvalue weighted by Gasteiger charge is -2.42. The highest BCUT2D eigenvalue weighted by atomic mass is 16.4. The molecular formula is C12H19NO3. The summed E-state index contributed by atoms with van der Waals surface area (Å²) >= 11 is 0. The van der Waals surface area contributed by atoms with Gasteiger partial charge in [0.25, 0.3) is 0 Å². The molecule has 0 rings (SSSR count). The Hall–Kier alpha value is -1.58. The van der Waals surface area contributed by atoms with E-state index in [-0.39, 0.29) is 12.2 Å². The molecule has 0 aliphatic carbocycles. The number of hydrogen-bond acceptors (Lipinski definition) is 2. The highest BCUT2D eigenvalue weighted by molar-refractivity contribution is 6.00. The molecule has 0 aromatic heterocycles. The van der Waals surface area contributed by atoms with E-state index in [0.29, 0.717) is 0 Å². The molecule has 0 radical (unpaired) electrons. The van der Waals surface area contributed by atoms with E-state index in [1.54, 1.807) is 20.8 Å². The maximum absolute atomic E-state index is 11.9. The summed E-state index contributed by atoms with van der Waals surface area (Å²) in [6.45, 7) is 12.4. The van der Waals surface area contributed by atoms with Crippen molar-refractivity contribution in [3.05, 3.63) is 25.3 Å². The summed E-state index contributed by atoms with van der Waals surface area (Å²) in [6, 6.07) is 0. The van der Waals surface area contributed by atoms with Crippen LogP contribution >= 0.6 is 0 Å². The van der Waals surface area contributed by atoms with Crippen molar-refractivity contribution in [3.63, 3.8) is 0 Å². The predicted octanol–water partition coefficient (Wildman–Crippen LogP) is 2.37. The first-order valence-electron chi connectivity index (χ1n) is 5.00. The van der Waals surface area contributed by atoms with Gasteiger partial charge in [0.2, 0.25) is 0 Å². The minimum atomic E-state index is -1.23. The first kappa shape index (κ1) is 14.4. The molecule has 4 heteroatoms. The molecule has 1 unspecified atom stereocenters. The molecule has 0 spiro atoms. The molecule has 0 aromatic rings. The van der Waals surface area contributed by atoms with Crippen LogP contribution in [0, 0.1) is 5.41 Å². The van der Waals surface area contributed by atoms with Gasteiger partial charge in [0.05, 0.1) is 0 Å². The fraction of sp³-hybridized carbons (Fsp3) is 0.500. The van der Waals surface area contributed by atoms with Gasteiger partial charge < -0.3 is 10.4 Å². The van der Waals surface area contributed by atoms with E-state index in [2.05, 4.69) is 18.5 Å². The molecule has 1 atom stereocenters. The lowest BCUT2D eigenvalue weighted by atomic mass is 9.69. The Balaban J connectivity index is 5.55. The van der Waals surface area contributed by atoms with Gasteiger partial charge in [0, 0.05) is 0 Å². The van der Waals surface area contributed by atoms with Crippen molar-refractivity contribution in [2.75, 3.05) is 0 Å². The fourth-order valence-electron chi connectivity index (χ4n) is 1.65. The first-order chi connectivity index (χ1) is 7.21. The Bertz CT molecular complexity index is 315. The van der Waals surface area contributed by atoms with E-state index in [1.807, 2.05) is 0 Å². The monoisotopic (exact) mass is 225 g/mol. The standard InChI is InChI=1S/C12H19NO3/c1-6-8-12(9(14)7-2,11(3,4)5)13-10(15)16/h6-7,13H,1-2,8H2,3-5H3,(H,15,16). The Labute approximate surface area is 96.0 Å². The third-order valence-electron chi connectivity index (χ3n) is 2.66. The Morgan fingerprint density at radius 1 is 1.31 bits per heavy atom. The molecule has 0 saturated heterocycles. The van der Waals surface area contributed by atoms with Gasteiger partial charge in [-0.15, -0.1) is 6.58 Å². The summed E-state index contributed by atoms with van der Waals surface area (Å²) in [5, 5.41) is 11.2. The van der Waals surface area contributed by atoms with Crippen molar-refractivity contribution in [3.8, 4) is 0 Å². The molecule has 0 heterocycles. The van der Waals surface area contributed by atoms with E-state index in [1.165, 1.54) is 6.08 Å². The summed E-state index contributed by atoms with van der Waals surface area (Å²) in [4.78, 5) is 22.7. The SMILES string of the molecule is C=CCC(NC(=O)O)(C(=O)C=C)C(C)(C)C. The topological polar surface area (TPSA) is 66.4 Å². The van der Waals surface area contributed by atoms with E-state index in [9.17, 15) is 9.59 Å². The van der Waals surface area contributed by atoms with Crippen LogP contribution in [-0.4, -0.2) is 22.5 Å². The second kappa shape index (κ2) is 4.96. The van der Waals surface area contributed by atoms with Crippen LogP contribution in [0.25, 0.3) is 0 Å². The van der Waals surface area contributed by atoms with Crippen molar-refractivity contribution in [1.29, 1.82) is 0 Å². The van der Waals surface area contributed by atoms with Gasteiger partial charge >= 0.3 is 6.09 Å². The largest absolute Gasteiger partial charge is 0.465 e. The van der Waals surface area contributed by atoms with E-state index >= 15 is 0 Å². The minimum absolute atomic E-state index is 0.230. The molecule has 0 fully saturated rings. The zero-order chi connectivity index (χ0) is 13.0. The van der Waals surface area contributed by atoms with Gasteiger partial charge in [0.1, 0.15) is 5.54 Å². The molecule has 0 aliphatic heterocycles. The number of nitrogens with one attached hydrogen (secondary N) is 1. The number of hydrogen-bond donors (Lipinski definition) is 2. The number of carbonyl (C=O) groups excluding carboxylic acids is 1. The average Bonchev–Trinajstić information content (AvgIpc) is 2.13. The molecule has 0 aliphatic rings. The van der Waals surface area contributed by atoms with Crippen molar-refractivity contribution < 1.29 is 14.7 Å². The molecule has 0 saturated carbocycles. The quantitative estimate of drug-likeness (QED) is 0.557. The lowest BCUT2D eigenvalue weighted by molar-refractivity contribution is -0.124. The second-order valence-electron chi connectivity index (χ2n) is 4.65. The molecule has 1 amide bonds. The number of ketones is 1. The highest BCUT2D eigenvalue weighted by Gasteiger charge is 2.47. The van der Waals surface area contributed by atoms with Crippen LogP contribution in [0.5, 0.6) is 0 Å². The first-order valence-corrected chi connectivity index (χ1v) is 5.00. The van der Waals surface area contributed by atoms with Crippen molar-refractivity contribution in [2.45, 2.75) is 32.7 Å². The molecule has 4 nitrogen and oxygen atoms in total. The smallest absolute Gasteiger partial charge is 0.405 e. The maximum Gasteiger partial charge on any atom is 0.405 e. The molecular weight excluding hydrogens is 206 g/mol. The summed E-state index contributed by atoms with van der Waals surface area (Å²) < 4.78 is 0. The summed E-state index contributed by atoms with van der Waals surface area (Å²) in [6.07, 6.45) is 1.67. The van der Waals surface area contributed by atoms with E-state index < -0.39 is 17.0 Å². The van der Waals surface area contributed by atoms with Gasteiger partial charge in [-0.2, -0.15) is 0 Å². The maximum atomic E-state index is 11.9. The van der Waals surface area contributed by atoms with E-state index in [4.69, 9.17) is 5.11 Å². The number of rotatable bonds is 5. The van der Waals surface area contributed by atoms with Gasteiger partial charge in [-0.1, -0.05) is 33.4 Å². The normalized spacial score (nSPS) is 14.7. The molecule has 0 bridgehead atoms. The molecule has 0 aromatic carbocycles. The van der Waals surface area contributed by atoms with Crippen LogP contribution in [0.2, 0.25) is 0 Å². The third kappa shape index (κ3) is 2.72. The summed E-state index contributed by atoms with van der Waals surface area (Å²) in [5.41, 5.74) is -1.77. The van der Waals surface area contributed by atoms with Gasteiger partial charge in [-0.05, 0) is 17.9 Å².